The normalized spacial score (nSPS) is 36.9. The van der Waals surface area contributed by atoms with Crippen LogP contribution in [0.1, 0.15) is 38.5 Å². The van der Waals surface area contributed by atoms with Gasteiger partial charge in [-0.3, -0.25) is 4.79 Å². The topological polar surface area (TPSA) is 247 Å². The SMILES string of the molecule is Cc1cc(O)c2c(c1)C([C@@H]1O[C@H](CO)[C@@H](O)[C@H](O)[C@H]1O)c1cc(O)cc(O[C@H]3O[C@H](CO)[C@@H](O)[C@H](O)[C@H]3O)c1C2=O. The minimum atomic E-state index is -1.85. The Morgan fingerprint density at radius 3 is 1.95 bits per heavy atom. The second-order valence-electron chi connectivity index (χ2n) is 10.6. The number of aliphatic hydroxyl groups excluding tert-OH is 8. The van der Waals surface area contributed by atoms with Gasteiger partial charge in [0.15, 0.2) is 0 Å². The predicted molar refractivity (Wildman–Crippen MR) is 134 cm³/mol. The molecule has 1 aliphatic carbocycles. The zero-order valence-electron chi connectivity index (χ0n) is 21.7. The van der Waals surface area contributed by atoms with E-state index in [1.54, 1.807) is 13.0 Å². The van der Waals surface area contributed by atoms with Crippen LogP contribution in [0.5, 0.6) is 17.2 Å². The lowest BCUT2D eigenvalue weighted by atomic mass is 9.71. The molecule has 1 unspecified atom stereocenters. The fourth-order valence-corrected chi connectivity index (χ4v) is 5.83. The van der Waals surface area contributed by atoms with Crippen molar-refractivity contribution in [3.8, 4) is 17.2 Å². The minimum Gasteiger partial charge on any atom is -0.508 e. The van der Waals surface area contributed by atoms with E-state index in [2.05, 4.69) is 0 Å². The summed E-state index contributed by atoms with van der Waals surface area (Å²) in [4.78, 5) is 13.9. The molecule has 41 heavy (non-hydrogen) atoms. The van der Waals surface area contributed by atoms with Crippen molar-refractivity contribution in [3.05, 3.63) is 52.1 Å². The maximum Gasteiger partial charge on any atom is 0.229 e. The molecule has 0 aromatic heterocycles. The van der Waals surface area contributed by atoms with Crippen molar-refractivity contribution in [2.45, 2.75) is 74.1 Å². The van der Waals surface area contributed by atoms with Crippen LogP contribution in [0.2, 0.25) is 0 Å². The van der Waals surface area contributed by atoms with Gasteiger partial charge in [0.2, 0.25) is 12.1 Å². The predicted octanol–water partition coefficient (Wildman–Crippen LogP) is -2.90. The highest BCUT2D eigenvalue weighted by atomic mass is 16.7. The van der Waals surface area contributed by atoms with E-state index in [9.17, 15) is 55.9 Å². The van der Waals surface area contributed by atoms with E-state index >= 15 is 0 Å². The molecule has 2 heterocycles. The summed E-state index contributed by atoms with van der Waals surface area (Å²) in [6, 6.07) is 5.06. The van der Waals surface area contributed by atoms with E-state index in [1.807, 2.05) is 0 Å². The zero-order chi connectivity index (χ0) is 29.9. The number of ether oxygens (including phenoxy) is 3. The molecule has 0 amide bonds. The van der Waals surface area contributed by atoms with Crippen molar-refractivity contribution in [1.29, 1.82) is 0 Å². The van der Waals surface area contributed by atoms with Crippen molar-refractivity contribution >= 4 is 5.78 Å². The molecule has 2 fully saturated rings. The number of aromatic hydroxyl groups is 2. The van der Waals surface area contributed by atoms with E-state index < -0.39 is 97.6 Å². The number of carbonyl (C=O) groups is 1. The summed E-state index contributed by atoms with van der Waals surface area (Å²) in [5.74, 6) is -3.23. The monoisotopic (exact) mass is 580 g/mol. The molecule has 14 nitrogen and oxygen atoms in total. The number of aliphatic hydroxyl groups is 8. The molecule has 2 aromatic carbocycles. The highest BCUT2D eigenvalue weighted by Gasteiger charge is 2.51. The summed E-state index contributed by atoms with van der Waals surface area (Å²) in [7, 11) is 0. The Balaban J connectivity index is 1.67. The summed E-state index contributed by atoms with van der Waals surface area (Å²) in [5.41, 5.74) is 0.220. The van der Waals surface area contributed by atoms with Crippen LogP contribution in [-0.4, -0.2) is 131 Å². The third-order valence-corrected chi connectivity index (χ3v) is 7.88. The van der Waals surface area contributed by atoms with Crippen molar-refractivity contribution in [2.75, 3.05) is 13.2 Å². The standard InChI is InChI=1S/C27H32O14/c1-8-2-10-16(26-24(37)22(35)19(32)14(6-28)39-26)11-4-9(30)5-13(18(11)21(34)17(10)12(31)3-8)40-27-25(38)23(36)20(33)15(7-29)41-27/h2-5,14-16,19-20,22-33,35-38H,6-7H2,1H3/t14-,15-,16?,19-,20-,22+,23+,24-,25-,26+,27+/m1/s1. The van der Waals surface area contributed by atoms with Gasteiger partial charge in [-0.1, -0.05) is 6.07 Å². The number of aryl methyl sites for hydroxylation is 1. The van der Waals surface area contributed by atoms with E-state index in [-0.39, 0.29) is 28.0 Å². The first-order valence-electron chi connectivity index (χ1n) is 12.9. The average molecular weight is 581 g/mol. The van der Waals surface area contributed by atoms with Crippen molar-refractivity contribution in [1.82, 2.24) is 0 Å². The Bertz CT molecular complexity index is 1310. The zero-order valence-corrected chi connectivity index (χ0v) is 21.7. The van der Waals surface area contributed by atoms with Gasteiger partial charge in [0.05, 0.1) is 30.4 Å². The number of hydrogen-bond acceptors (Lipinski definition) is 14. The number of rotatable bonds is 5. The molecular formula is C27H32O14. The Morgan fingerprint density at radius 2 is 1.32 bits per heavy atom. The lowest BCUT2D eigenvalue weighted by Crippen LogP contribution is -2.60. The molecule has 0 saturated carbocycles. The maximum atomic E-state index is 13.9. The molecule has 0 spiro atoms. The van der Waals surface area contributed by atoms with Gasteiger partial charge in [0.1, 0.15) is 66.1 Å². The van der Waals surface area contributed by atoms with E-state index in [1.165, 1.54) is 12.1 Å². The summed E-state index contributed by atoms with van der Waals surface area (Å²) in [6.07, 6.45) is -16.3. The molecule has 11 atom stereocenters. The van der Waals surface area contributed by atoms with E-state index in [4.69, 9.17) is 14.2 Å². The van der Waals surface area contributed by atoms with Crippen LogP contribution in [0.15, 0.2) is 24.3 Å². The molecule has 224 valence electrons. The van der Waals surface area contributed by atoms with Crippen LogP contribution >= 0.6 is 0 Å². The Kier molecular flexibility index (Phi) is 7.99. The number of phenolic OH excluding ortho intramolecular Hbond substituents is 2. The lowest BCUT2D eigenvalue weighted by molar-refractivity contribution is -0.277. The second-order valence-corrected chi connectivity index (χ2v) is 10.6. The molecule has 2 aromatic rings. The second kappa shape index (κ2) is 11.1. The third kappa shape index (κ3) is 4.85. The highest BCUT2D eigenvalue weighted by Crippen LogP contribution is 2.49. The molecule has 0 radical (unpaired) electrons. The summed E-state index contributed by atoms with van der Waals surface area (Å²) < 4.78 is 17.0. The van der Waals surface area contributed by atoms with Crippen molar-refractivity contribution in [2.24, 2.45) is 0 Å². The van der Waals surface area contributed by atoms with Crippen LogP contribution < -0.4 is 4.74 Å². The number of fused-ring (bicyclic) bond motifs is 2. The van der Waals surface area contributed by atoms with Gasteiger partial charge in [0, 0.05) is 12.0 Å². The molecule has 5 rings (SSSR count). The van der Waals surface area contributed by atoms with Gasteiger partial charge >= 0.3 is 0 Å². The highest BCUT2D eigenvalue weighted by molar-refractivity contribution is 6.16. The van der Waals surface area contributed by atoms with Gasteiger partial charge in [0.25, 0.3) is 0 Å². The van der Waals surface area contributed by atoms with E-state index in [0.29, 0.717) is 5.56 Å². The first kappa shape index (κ1) is 29.6. The van der Waals surface area contributed by atoms with Crippen LogP contribution in [0.25, 0.3) is 0 Å². The summed E-state index contributed by atoms with van der Waals surface area (Å²) in [6.45, 7) is 0.166. The van der Waals surface area contributed by atoms with Crippen LogP contribution in [0, 0.1) is 6.92 Å². The lowest BCUT2D eigenvalue weighted by Gasteiger charge is -2.45. The van der Waals surface area contributed by atoms with Crippen molar-refractivity contribution < 1.29 is 70.1 Å². The fourth-order valence-electron chi connectivity index (χ4n) is 5.83. The number of ketones is 1. The average Bonchev–Trinajstić information content (AvgIpc) is 2.92. The summed E-state index contributed by atoms with van der Waals surface area (Å²) >= 11 is 0. The molecule has 2 saturated heterocycles. The molecule has 10 N–H and O–H groups in total. The van der Waals surface area contributed by atoms with Crippen LogP contribution in [0.3, 0.4) is 0 Å². The molecule has 2 aliphatic heterocycles. The largest absolute Gasteiger partial charge is 0.508 e. The maximum absolute atomic E-state index is 13.9. The van der Waals surface area contributed by atoms with Crippen molar-refractivity contribution in [3.63, 3.8) is 0 Å². The Labute approximate surface area is 232 Å². The minimum absolute atomic E-state index is 0.0106. The first-order chi connectivity index (χ1) is 19.4. The Morgan fingerprint density at radius 1 is 0.732 bits per heavy atom. The fraction of sp³-hybridized carbons (Fsp3) is 0.519. The molecule has 3 aliphatic rings. The smallest absolute Gasteiger partial charge is 0.229 e. The van der Waals surface area contributed by atoms with Crippen LogP contribution in [0.4, 0.5) is 0 Å². The number of hydrogen-bond donors (Lipinski definition) is 10. The van der Waals surface area contributed by atoms with Gasteiger partial charge in [-0.2, -0.15) is 0 Å². The van der Waals surface area contributed by atoms with Gasteiger partial charge in [-0.15, -0.1) is 0 Å². The number of carbonyl (C=O) groups excluding carboxylic acids is 1. The van der Waals surface area contributed by atoms with Gasteiger partial charge < -0.3 is 65.3 Å². The molecule has 0 bridgehead atoms. The molecule has 14 heteroatoms. The van der Waals surface area contributed by atoms with Crippen LogP contribution in [-0.2, 0) is 9.47 Å². The Hall–Kier alpha value is -2.89. The third-order valence-electron chi connectivity index (χ3n) is 7.88. The summed E-state index contributed by atoms with van der Waals surface area (Å²) in [5, 5.41) is 103. The number of phenols is 2. The quantitative estimate of drug-likeness (QED) is 0.171. The number of benzene rings is 2. The molecular weight excluding hydrogens is 548 g/mol. The first-order valence-corrected chi connectivity index (χ1v) is 12.9. The van der Waals surface area contributed by atoms with Gasteiger partial charge in [-0.05, 0) is 35.7 Å². The van der Waals surface area contributed by atoms with Gasteiger partial charge in [-0.25, -0.2) is 0 Å². The van der Waals surface area contributed by atoms with E-state index in [0.717, 1.165) is 6.07 Å².